The van der Waals surface area contributed by atoms with Crippen molar-refractivity contribution in [1.82, 2.24) is 4.98 Å². The maximum atomic E-state index is 9.60. The van der Waals surface area contributed by atoms with E-state index in [0.29, 0.717) is 6.61 Å². The number of phenolic OH excluding ortho intramolecular Hbond substituents is 1. The molecule has 112 valence electrons. The molecule has 0 amide bonds. The molecule has 0 bridgehead atoms. The zero-order valence-electron chi connectivity index (χ0n) is 12.6. The molecule has 0 aliphatic rings. The summed E-state index contributed by atoms with van der Waals surface area (Å²) in [4.78, 5) is 4.55. The first kappa shape index (κ1) is 14.2. The number of phenols is 1. The van der Waals surface area contributed by atoms with E-state index in [1.165, 1.54) is 0 Å². The summed E-state index contributed by atoms with van der Waals surface area (Å²) in [7, 11) is 0. The molecule has 0 fully saturated rings. The molecular formula is C18H18N2O2. The average molecular weight is 294 g/mol. The van der Waals surface area contributed by atoms with E-state index in [9.17, 15) is 5.11 Å². The van der Waals surface area contributed by atoms with Gasteiger partial charge in [0.2, 0.25) is 0 Å². The molecule has 0 unspecified atom stereocenters. The van der Waals surface area contributed by atoms with Crippen LogP contribution in [-0.2, 0) is 0 Å². The highest BCUT2D eigenvalue weighted by molar-refractivity contribution is 5.94. The van der Waals surface area contributed by atoms with E-state index in [-0.39, 0.29) is 5.75 Å². The first-order valence-electron chi connectivity index (χ1n) is 7.26. The van der Waals surface area contributed by atoms with E-state index in [4.69, 9.17) is 4.74 Å². The van der Waals surface area contributed by atoms with E-state index in [2.05, 4.69) is 10.3 Å². The Bertz CT molecular complexity index is 815. The minimum Gasteiger partial charge on any atom is -0.508 e. The molecule has 0 aliphatic heterocycles. The van der Waals surface area contributed by atoms with Gasteiger partial charge in [0.1, 0.15) is 11.5 Å². The third kappa shape index (κ3) is 2.96. The normalized spacial score (nSPS) is 10.6. The van der Waals surface area contributed by atoms with Crippen molar-refractivity contribution in [3.63, 3.8) is 0 Å². The van der Waals surface area contributed by atoms with Crippen LogP contribution in [0.1, 0.15) is 12.6 Å². The minimum absolute atomic E-state index is 0.232. The predicted octanol–water partition coefficient (Wildman–Crippen LogP) is 4.39. The zero-order valence-corrected chi connectivity index (χ0v) is 12.6. The molecule has 2 N–H and O–H groups in total. The fourth-order valence-corrected chi connectivity index (χ4v) is 2.44. The van der Waals surface area contributed by atoms with E-state index in [1.807, 2.05) is 44.2 Å². The molecule has 0 saturated carbocycles. The topological polar surface area (TPSA) is 54.4 Å². The Balaban J connectivity index is 2.08. The standard InChI is InChI=1S/C18H18N2O2/c1-3-22-15-7-8-17-16(11-15)18(9-12(2)19-17)20-13-5-4-6-14(21)10-13/h4-11,21H,3H2,1-2H3,(H,19,20). The second kappa shape index (κ2) is 5.93. The monoisotopic (exact) mass is 294 g/mol. The second-order valence-electron chi connectivity index (χ2n) is 5.10. The van der Waals surface area contributed by atoms with Crippen LogP contribution < -0.4 is 10.1 Å². The van der Waals surface area contributed by atoms with Crippen molar-refractivity contribution < 1.29 is 9.84 Å². The molecule has 4 heteroatoms. The van der Waals surface area contributed by atoms with Gasteiger partial charge in [0, 0.05) is 28.5 Å². The van der Waals surface area contributed by atoms with Gasteiger partial charge in [-0.3, -0.25) is 4.98 Å². The van der Waals surface area contributed by atoms with E-state index in [1.54, 1.807) is 18.2 Å². The van der Waals surface area contributed by atoms with Crippen molar-refractivity contribution in [3.8, 4) is 11.5 Å². The number of nitrogens with one attached hydrogen (secondary N) is 1. The van der Waals surface area contributed by atoms with Crippen molar-refractivity contribution >= 4 is 22.3 Å². The van der Waals surface area contributed by atoms with Crippen LogP contribution in [0, 0.1) is 6.92 Å². The number of aryl methyl sites for hydroxylation is 1. The lowest BCUT2D eigenvalue weighted by Gasteiger charge is -2.12. The number of fused-ring (bicyclic) bond motifs is 1. The second-order valence-corrected chi connectivity index (χ2v) is 5.10. The summed E-state index contributed by atoms with van der Waals surface area (Å²) in [6.45, 7) is 4.55. The highest BCUT2D eigenvalue weighted by Gasteiger charge is 2.07. The summed E-state index contributed by atoms with van der Waals surface area (Å²) in [6.07, 6.45) is 0. The molecule has 1 aromatic heterocycles. The number of anilines is 2. The lowest BCUT2D eigenvalue weighted by Crippen LogP contribution is -1.96. The summed E-state index contributed by atoms with van der Waals surface area (Å²) in [5.74, 6) is 1.05. The molecular weight excluding hydrogens is 276 g/mol. The van der Waals surface area contributed by atoms with E-state index in [0.717, 1.165) is 33.7 Å². The molecule has 3 rings (SSSR count). The SMILES string of the molecule is CCOc1ccc2nc(C)cc(Nc3cccc(O)c3)c2c1. The summed E-state index contributed by atoms with van der Waals surface area (Å²) >= 11 is 0. The van der Waals surface area contributed by atoms with Gasteiger partial charge in [-0.15, -0.1) is 0 Å². The van der Waals surface area contributed by atoms with Crippen LogP contribution >= 0.6 is 0 Å². The van der Waals surface area contributed by atoms with E-state index < -0.39 is 0 Å². The summed E-state index contributed by atoms with van der Waals surface area (Å²) in [6, 6.07) is 14.9. The van der Waals surface area contributed by atoms with Crippen LogP contribution in [0.15, 0.2) is 48.5 Å². The van der Waals surface area contributed by atoms with E-state index >= 15 is 0 Å². The lowest BCUT2D eigenvalue weighted by molar-refractivity contribution is 0.340. The van der Waals surface area contributed by atoms with Crippen LogP contribution in [0.25, 0.3) is 10.9 Å². The summed E-state index contributed by atoms with van der Waals surface area (Å²) < 4.78 is 5.57. The van der Waals surface area contributed by atoms with Gasteiger partial charge in [0.25, 0.3) is 0 Å². The van der Waals surface area contributed by atoms with Crippen molar-refractivity contribution in [2.45, 2.75) is 13.8 Å². The van der Waals surface area contributed by atoms with Crippen molar-refractivity contribution in [1.29, 1.82) is 0 Å². The van der Waals surface area contributed by atoms with Crippen LogP contribution in [0.3, 0.4) is 0 Å². The molecule has 22 heavy (non-hydrogen) atoms. The number of benzene rings is 2. The smallest absolute Gasteiger partial charge is 0.120 e. The molecule has 1 heterocycles. The fourth-order valence-electron chi connectivity index (χ4n) is 2.44. The number of hydrogen-bond donors (Lipinski definition) is 2. The van der Waals surface area contributed by atoms with Crippen molar-refractivity contribution in [3.05, 3.63) is 54.2 Å². The minimum atomic E-state index is 0.232. The van der Waals surface area contributed by atoms with Gasteiger partial charge in [-0.25, -0.2) is 0 Å². The molecule has 0 radical (unpaired) electrons. The molecule has 2 aromatic carbocycles. The van der Waals surface area contributed by atoms with Gasteiger partial charge in [-0.1, -0.05) is 6.07 Å². The number of rotatable bonds is 4. The Kier molecular flexibility index (Phi) is 3.83. The Labute approximate surface area is 129 Å². The summed E-state index contributed by atoms with van der Waals surface area (Å²) in [5, 5.41) is 13.9. The molecule has 4 nitrogen and oxygen atoms in total. The Morgan fingerprint density at radius 2 is 2.00 bits per heavy atom. The number of pyridine rings is 1. The average Bonchev–Trinajstić information content (AvgIpc) is 2.48. The third-order valence-electron chi connectivity index (χ3n) is 3.34. The molecule has 0 atom stereocenters. The summed E-state index contributed by atoms with van der Waals surface area (Å²) in [5.41, 5.74) is 3.61. The Morgan fingerprint density at radius 3 is 2.77 bits per heavy atom. The highest BCUT2D eigenvalue weighted by Crippen LogP contribution is 2.30. The Morgan fingerprint density at radius 1 is 1.14 bits per heavy atom. The van der Waals surface area contributed by atoms with Gasteiger partial charge in [-0.05, 0) is 50.2 Å². The zero-order chi connectivity index (χ0) is 15.5. The van der Waals surface area contributed by atoms with Gasteiger partial charge in [0.15, 0.2) is 0 Å². The number of aromatic nitrogens is 1. The van der Waals surface area contributed by atoms with Crippen LogP contribution in [0.4, 0.5) is 11.4 Å². The first-order valence-corrected chi connectivity index (χ1v) is 7.26. The van der Waals surface area contributed by atoms with Gasteiger partial charge >= 0.3 is 0 Å². The third-order valence-corrected chi connectivity index (χ3v) is 3.34. The highest BCUT2D eigenvalue weighted by atomic mass is 16.5. The van der Waals surface area contributed by atoms with Gasteiger partial charge in [0.05, 0.1) is 12.1 Å². The van der Waals surface area contributed by atoms with Crippen LogP contribution in [0.2, 0.25) is 0 Å². The van der Waals surface area contributed by atoms with Gasteiger partial charge in [-0.2, -0.15) is 0 Å². The quantitative estimate of drug-likeness (QED) is 0.749. The van der Waals surface area contributed by atoms with Crippen molar-refractivity contribution in [2.24, 2.45) is 0 Å². The number of aromatic hydroxyl groups is 1. The lowest BCUT2D eigenvalue weighted by atomic mass is 10.1. The maximum Gasteiger partial charge on any atom is 0.120 e. The Hall–Kier alpha value is -2.75. The fraction of sp³-hybridized carbons (Fsp3) is 0.167. The molecule has 0 saturated heterocycles. The van der Waals surface area contributed by atoms with Crippen LogP contribution in [0.5, 0.6) is 11.5 Å². The molecule has 3 aromatic rings. The molecule has 0 aliphatic carbocycles. The first-order chi connectivity index (χ1) is 10.7. The number of ether oxygens (including phenoxy) is 1. The predicted molar refractivity (Wildman–Crippen MR) is 89.0 cm³/mol. The molecule has 0 spiro atoms. The number of hydrogen-bond acceptors (Lipinski definition) is 4. The van der Waals surface area contributed by atoms with Gasteiger partial charge < -0.3 is 15.2 Å². The maximum absolute atomic E-state index is 9.60. The van der Waals surface area contributed by atoms with Crippen molar-refractivity contribution in [2.75, 3.05) is 11.9 Å². The van der Waals surface area contributed by atoms with Crippen LogP contribution in [-0.4, -0.2) is 16.7 Å². The number of nitrogens with zero attached hydrogens (tertiary/aromatic N) is 1. The largest absolute Gasteiger partial charge is 0.508 e.